The normalized spacial score (nSPS) is 26.6. The van der Waals surface area contributed by atoms with E-state index in [1.807, 2.05) is 0 Å². The van der Waals surface area contributed by atoms with Crippen LogP contribution in [0.1, 0.15) is 23.2 Å². The van der Waals surface area contributed by atoms with Crippen molar-refractivity contribution < 1.29 is 29.0 Å². The van der Waals surface area contributed by atoms with Crippen LogP contribution < -0.4 is 9.80 Å². The van der Waals surface area contributed by atoms with Crippen molar-refractivity contribution in [1.29, 1.82) is 0 Å². The lowest BCUT2D eigenvalue weighted by molar-refractivity contribution is -0.385. The molecule has 0 aliphatic carbocycles. The summed E-state index contributed by atoms with van der Waals surface area (Å²) in [4.78, 5) is 81.1. The number of nitro groups is 2. The Morgan fingerprint density at radius 2 is 0.771 bits per heavy atom. The second-order valence-corrected chi connectivity index (χ2v) is 12.0. The summed E-state index contributed by atoms with van der Waals surface area (Å²) in [5.74, 6) is -4.19. The van der Waals surface area contributed by atoms with Gasteiger partial charge in [0.1, 0.15) is 12.1 Å². The molecule has 4 fully saturated rings. The van der Waals surface area contributed by atoms with E-state index in [1.54, 1.807) is 70.7 Å². The van der Waals surface area contributed by atoms with Gasteiger partial charge in [0.15, 0.2) is 0 Å². The topological polar surface area (TPSA) is 168 Å². The third-order valence-electron chi connectivity index (χ3n) is 9.64. The van der Waals surface area contributed by atoms with Crippen LogP contribution in [-0.2, 0) is 19.2 Å². The highest BCUT2D eigenvalue weighted by Crippen LogP contribution is 2.59. The summed E-state index contributed by atoms with van der Waals surface area (Å²) in [6.45, 7) is 0. The Kier molecular flexibility index (Phi) is 6.54. The fourth-order valence-electron chi connectivity index (χ4n) is 7.75. The van der Waals surface area contributed by atoms with E-state index >= 15 is 0 Å². The summed E-state index contributed by atoms with van der Waals surface area (Å²) in [7, 11) is 0. The van der Waals surface area contributed by atoms with Gasteiger partial charge in [-0.25, -0.2) is 19.8 Å². The molecule has 0 saturated carbocycles. The van der Waals surface area contributed by atoms with Gasteiger partial charge in [-0.05, 0) is 35.4 Å². The molecular formula is C34H24N6O8. The molecule has 238 valence electrons. The number of imide groups is 2. The molecule has 8 rings (SSSR count). The summed E-state index contributed by atoms with van der Waals surface area (Å²) < 4.78 is 0. The molecule has 4 aliphatic rings. The zero-order chi connectivity index (χ0) is 33.4. The molecule has 6 unspecified atom stereocenters. The minimum Gasteiger partial charge on any atom is -0.274 e. The van der Waals surface area contributed by atoms with Gasteiger partial charge < -0.3 is 0 Å². The largest absolute Gasteiger partial charge is 0.274 e. The van der Waals surface area contributed by atoms with Gasteiger partial charge in [0.2, 0.25) is 11.8 Å². The molecule has 4 heterocycles. The molecule has 0 radical (unpaired) electrons. The molecule has 0 aromatic heterocycles. The molecule has 14 heteroatoms. The van der Waals surface area contributed by atoms with Crippen molar-refractivity contribution in [3.05, 3.63) is 141 Å². The molecule has 4 aromatic rings. The van der Waals surface area contributed by atoms with Crippen molar-refractivity contribution in [2.45, 2.75) is 24.2 Å². The van der Waals surface area contributed by atoms with Crippen molar-refractivity contribution in [3.8, 4) is 0 Å². The van der Waals surface area contributed by atoms with Crippen LogP contribution in [0.3, 0.4) is 0 Å². The van der Waals surface area contributed by atoms with Crippen LogP contribution in [0.4, 0.5) is 22.7 Å². The molecule has 14 nitrogen and oxygen atoms in total. The van der Waals surface area contributed by atoms with Crippen LogP contribution in [0, 0.1) is 32.1 Å². The number of carbonyl (C=O) groups is 4. The van der Waals surface area contributed by atoms with Crippen LogP contribution in [0.15, 0.2) is 109 Å². The lowest BCUT2D eigenvalue weighted by Crippen LogP contribution is -2.50. The van der Waals surface area contributed by atoms with Crippen molar-refractivity contribution in [2.24, 2.45) is 11.8 Å². The highest BCUT2D eigenvalue weighted by Gasteiger charge is 2.73. The first-order chi connectivity index (χ1) is 23.2. The van der Waals surface area contributed by atoms with E-state index in [1.165, 1.54) is 48.5 Å². The fourth-order valence-corrected chi connectivity index (χ4v) is 7.75. The lowest BCUT2D eigenvalue weighted by Gasteiger charge is -2.35. The number of anilines is 2. The van der Waals surface area contributed by atoms with E-state index in [4.69, 9.17) is 0 Å². The van der Waals surface area contributed by atoms with Gasteiger partial charge in [0.25, 0.3) is 23.2 Å². The Morgan fingerprint density at radius 3 is 1.08 bits per heavy atom. The highest BCUT2D eigenvalue weighted by molar-refractivity contribution is 6.26. The predicted octanol–water partition coefficient (Wildman–Crippen LogP) is 3.95. The Morgan fingerprint density at radius 1 is 0.438 bits per heavy atom. The fraction of sp³-hybridized carbons (Fsp3) is 0.176. The van der Waals surface area contributed by atoms with E-state index in [2.05, 4.69) is 0 Å². The van der Waals surface area contributed by atoms with Crippen molar-refractivity contribution in [3.63, 3.8) is 0 Å². The molecule has 48 heavy (non-hydrogen) atoms. The monoisotopic (exact) mass is 644 g/mol. The molecule has 0 N–H and O–H groups in total. The molecule has 0 bridgehead atoms. The summed E-state index contributed by atoms with van der Waals surface area (Å²) in [6, 6.07) is 24.4. The Hall–Kier alpha value is -6.12. The van der Waals surface area contributed by atoms with Crippen molar-refractivity contribution in [2.75, 3.05) is 9.80 Å². The van der Waals surface area contributed by atoms with Gasteiger partial charge in [-0.15, -0.1) is 0 Å². The van der Waals surface area contributed by atoms with Gasteiger partial charge in [0, 0.05) is 24.3 Å². The maximum absolute atomic E-state index is 14.4. The first-order valence-corrected chi connectivity index (χ1v) is 15.1. The number of rotatable bonds is 6. The maximum atomic E-state index is 14.4. The number of fused-ring (bicyclic) bond motifs is 5. The van der Waals surface area contributed by atoms with Gasteiger partial charge in [-0.2, -0.15) is 0 Å². The van der Waals surface area contributed by atoms with Crippen LogP contribution in [0.2, 0.25) is 0 Å². The number of amides is 4. The second-order valence-electron chi connectivity index (χ2n) is 12.0. The quantitative estimate of drug-likeness (QED) is 0.170. The molecule has 4 saturated heterocycles. The molecule has 4 amide bonds. The molecule has 4 aromatic carbocycles. The van der Waals surface area contributed by atoms with Crippen LogP contribution in [0.25, 0.3) is 0 Å². The van der Waals surface area contributed by atoms with E-state index in [9.17, 15) is 39.4 Å². The SMILES string of the molecule is O=C1C2C(C(=O)N1c1ccc([N+](=O)[O-])cc1)N1C(c3ccccc3)C3C(=O)N(c4ccc([N+](=O)[O-])cc4)C(=O)C3N1C2c1ccccc1. The van der Waals surface area contributed by atoms with Gasteiger partial charge in [-0.3, -0.25) is 39.4 Å². The Labute approximate surface area is 271 Å². The standard InChI is InChI=1S/C34H24N6O8/c41-31-25-27(19-7-3-1-4-8-19)37-30-26(32(42)36(34(30)44)22-13-17-24(18-14-22)40(47)48)28(20-9-5-2-6-10-20)38(37)29(25)33(43)35(31)21-11-15-23(16-12-21)39(45)46/h1-18,25-30H. The van der Waals surface area contributed by atoms with Gasteiger partial charge in [-0.1, -0.05) is 60.7 Å². The minimum atomic E-state index is -1.10. The van der Waals surface area contributed by atoms with Gasteiger partial charge >= 0.3 is 0 Å². The molecule has 0 spiro atoms. The average Bonchev–Trinajstić information content (AvgIpc) is 3.77. The molecule has 4 aliphatic heterocycles. The second kappa shape index (κ2) is 10.7. The summed E-state index contributed by atoms with van der Waals surface area (Å²) in [5, 5.41) is 26.0. The Bertz CT molecular complexity index is 1880. The highest BCUT2D eigenvalue weighted by atomic mass is 16.6. The average molecular weight is 645 g/mol. The summed E-state index contributed by atoms with van der Waals surface area (Å²) in [6.07, 6.45) is 0. The number of hydrogen-bond acceptors (Lipinski definition) is 10. The number of nitrogens with zero attached hydrogens (tertiary/aromatic N) is 6. The van der Waals surface area contributed by atoms with Crippen LogP contribution in [0.5, 0.6) is 0 Å². The smallest absolute Gasteiger partial charge is 0.269 e. The van der Waals surface area contributed by atoms with Crippen molar-refractivity contribution in [1.82, 2.24) is 10.0 Å². The van der Waals surface area contributed by atoms with E-state index in [-0.39, 0.29) is 22.7 Å². The first kappa shape index (κ1) is 29.3. The third kappa shape index (κ3) is 4.06. The number of hydrazine groups is 1. The maximum Gasteiger partial charge on any atom is 0.269 e. The van der Waals surface area contributed by atoms with E-state index in [0.29, 0.717) is 11.1 Å². The lowest BCUT2D eigenvalue weighted by atomic mass is 9.84. The predicted molar refractivity (Wildman–Crippen MR) is 168 cm³/mol. The minimum absolute atomic E-state index is 0.176. The van der Waals surface area contributed by atoms with Crippen LogP contribution in [-0.4, -0.2) is 55.6 Å². The Balaban J connectivity index is 1.28. The van der Waals surface area contributed by atoms with Crippen molar-refractivity contribution >= 4 is 46.4 Å². The number of nitro benzene ring substituents is 2. The van der Waals surface area contributed by atoms with Gasteiger partial charge in [0.05, 0.1) is 45.1 Å². The third-order valence-corrected chi connectivity index (χ3v) is 9.64. The van der Waals surface area contributed by atoms with E-state index < -0.39 is 69.5 Å². The molecular weight excluding hydrogens is 620 g/mol. The zero-order valence-corrected chi connectivity index (χ0v) is 24.8. The summed E-state index contributed by atoms with van der Waals surface area (Å²) in [5.41, 5.74) is 1.27. The molecule has 6 atom stereocenters. The number of non-ortho nitro benzene ring substituents is 2. The first-order valence-electron chi connectivity index (χ1n) is 15.1. The van der Waals surface area contributed by atoms with Crippen LogP contribution >= 0.6 is 0 Å². The van der Waals surface area contributed by atoms with E-state index in [0.717, 1.165) is 9.80 Å². The number of hydrogen-bond donors (Lipinski definition) is 0. The number of carbonyl (C=O) groups excluding carboxylic acids is 4. The number of benzene rings is 4. The summed E-state index contributed by atoms with van der Waals surface area (Å²) >= 11 is 0. The zero-order valence-electron chi connectivity index (χ0n) is 24.8.